The second kappa shape index (κ2) is 13.8. The molecule has 0 saturated carbocycles. The summed E-state index contributed by atoms with van der Waals surface area (Å²) >= 11 is 0. The highest BCUT2D eigenvalue weighted by molar-refractivity contribution is 6.62. The van der Waals surface area contributed by atoms with Gasteiger partial charge in [0.05, 0.1) is 36.0 Å². The van der Waals surface area contributed by atoms with Crippen molar-refractivity contribution >= 4 is 30.7 Å². The molecule has 294 valence electrons. The molecule has 1 aromatic heterocycles. The summed E-state index contributed by atoms with van der Waals surface area (Å²) in [6.07, 6.45) is 0.251. The molecule has 2 N–H and O–H groups in total. The molecule has 2 fully saturated rings. The molecule has 4 aliphatic heterocycles. The summed E-state index contributed by atoms with van der Waals surface area (Å²) in [4.78, 5) is 52.7. The Balaban J connectivity index is 1.11. The molecule has 7 rings (SSSR count). The van der Waals surface area contributed by atoms with E-state index in [-0.39, 0.29) is 19.2 Å². The van der Waals surface area contributed by atoms with E-state index in [9.17, 15) is 14.4 Å². The molecule has 0 aliphatic carbocycles. The number of likely N-dealkylation sites (tertiary alicyclic amines) is 1. The van der Waals surface area contributed by atoms with Crippen LogP contribution in [-0.2, 0) is 36.7 Å². The van der Waals surface area contributed by atoms with Gasteiger partial charge >= 0.3 is 19.3 Å². The SMILES string of the molecule is CC(C)(C)OC(=O)NC(C(=O)N1C[C@H](OC(=O)N2Cc3ccc4c(c3C2)OCO4)C[C@H]1c1nc(-c2ccc(B3OC(C)(C)C(C)(C)O3)cc2)c[nH]1)C(C)(C)C. The fourth-order valence-electron chi connectivity index (χ4n) is 7.26. The number of imidazole rings is 1. The molecule has 55 heavy (non-hydrogen) atoms. The number of nitrogens with zero attached hydrogens (tertiary/aromatic N) is 3. The Labute approximate surface area is 322 Å². The van der Waals surface area contributed by atoms with E-state index in [2.05, 4.69) is 10.3 Å². The van der Waals surface area contributed by atoms with Gasteiger partial charge in [0.1, 0.15) is 23.6 Å². The number of carbonyl (C=O) groups is 3. The molecule has 1 unspecified atom stereocenters. The summed E-state index contributed by atoms with van der Waals surface area (Å²) in [7, 11) is -0.491. The Morgan fingerprint density at radius 1 is 0.964 bits per heavy atom. The number of alkyl carbamates (subject to hydrolysis) is 1. The molecule has 3 atom stereocenters. The molecule has 5 heterocycles. The van der Waals surface area contributed by atoms with Crippen molar-refractivity contribution in [3.05, 3.63) is 59.5 Å². The van der Waals surface area contributed by atoms with Crippen LogP contribution in [0.2, 0.25) is 0 Å². The van der Waals surface area contributed by atoms with Gasteiger partial charge in [0.2, 0.25) is 12.7 Å². The number of carbonyl (C=O) groups excluding carboxylic acids is 3. The maximum Gasteiger partial charge on any atom is 0.494 e. The minimum absolute atomic E-state index is 0.101. The maximum absolute atomic E-state index is 14.6. The lowest BCUT2D eigenvalue weighted by Crippen LogP contribution is -2.55. The van der Waals surface area contributed by atoms with Crippen molar-refractivity contribution < 1.29 is 42.6 Å². The van der Waals surface area contributed by atoms with Crippen LogP contribution in [0.1, 0.15) is 98.7 Å². The van der Waals surface area contributed by atoms with Gasteiger partial charge in [0.15, 0.2) is 11.5 Å². The second-order valence-corrected chi connectivity index (χ2v) is 17.9. The lowest BCUT2D eigenvalue weighted by atomic mass is 9.79. The molecule has 0 spiro atoms. The van der Waals surface area contributed by atoms with Crippen molar-refractivity contribution in [1.29, 1.82) is 0 Å². The predicted molar refractivity (Wildman–Crippen MR) is 204 cm³/mol. The van der Waals surface area contributed by atoms with Crippen LogP contribution in [0.5, 0.6) is 11.5 Å². The van der Waals surface area contributed by atoms with Gasteiger partial charge in [0, 0.05) is 30.3 Å². The summed E-state index contributed by atoms with van der Waals surface area (Å²) in [6.45, 7) is 20.0. The fourth-order valence-corrected chi connectivity index (χ4v) is 7.26. The van der Waals surface area contributed by atoms with Gasteiger partial charge in [-0.2, -0.15) is 0 Å². The van der Waals surface area contributed by atoms with Gasteiger partial charge in [-0.05, 0) is 71.0 Å². The first-order chi connectivity index (χ1) is 25.7. The van der Waals surface area contributed by atoms with E-state index in [0.717, 1.165) is 22.2 Å². The van der Waals surface area contributed by atoms with E-state index in [4.69, 9.17) is 33.2 Å². The Morgan fingerprint density at radius 2 is 1.65 bits per heavy atom. The highest BCUT2D eigenvalue weighted by Gasteiger charge is 2.52. The topological polar surface area (TPSA) is 154 Å². The number of fused-ring (bicyclic) bond motifs is 3. The lowest BCUT2D eigenvalue weighted by molar-refractivity contribution is -0.137. The van der Waals surface area contributed by atoms with Crippen LogP contribution in [0.3, 0.4) is 0 Å². The molecule has 0 bridgehead atoms. The zero-order chi connectivity index (χ0) is 39.7. The minimum Gasteiger partial charge on any atom is -0.454 e. The smallest absolute Gasteiger partial charge is 0.454 e. The number of ether oxygens (including phenoxy) is 4. The number of benzene rings is 2. The third-order valence-corrected chi connectivity index (χ3v) is 10.9. The zero-order valence-electron chi connectivity index (χ0n) is 33.4. The Hall–Kier alpha value is -4.76. The summed E-state index contributed by atoms with van der Waals surface area (Å²) in [5.41, 5.74) is 1.95. The first-order valence-corrected chi connectivity index (χ1v) is 18.9. The Kier molecular flexibility index (Phi) is 9.64. The van der Waals surface area contributed by atoms with Crippen molar-refractivity contribution in [2.75, 3.05) is 13.3 Å². The number of hydrogen-bond donors (Lipinski definition) is 2. The highest BCUT2D eigenvalue weighted by atomic mass is 16.7. The van der Waals surface area contributed by atoms with Crippen LogP contribution in [0.25, 0.3) is 11.3 Å². The first-order valence-electron chi connectivity index (χ1n) is 18.9. The molecule has 2 aromatic carbocycles. The van der Waals surface area contributed by atoms with Crippen molar-refractivity contribution in [3.63, 3.8) is 0 Å². The van der Waals surface area contributed by atoms with Gasteiger partial charge in [-0.15, -0.1) is 0 Å². The van der Waals surface area contributed by atoms with Crippen LogP contribution in [0, 0.1) is 5.41 Å². The van der Waals surface area contributed by atoms with Crippen LogP contribution >= 0.6 is 0 Å². The van der Waals surface area contributed by atoms with E-state index >= 15 is 0 Å². The number of hydrogen-bond acceptors (Lipinski definition) is 10. The van der Waals surface area contributed by atoms with Crippen LogP contribution < -0.4 is 20.3 Å². The number of amides is 3. The maximum atomic E-state index is 14.6. The van der Waals surface area contributed by atoms with Crippen molar-refractivity contribution in [1.82, 2.24) is 25.1 Å². The van der Waals surface area contributed by atoms with Crippen LogP contribution in [0.4, 0.5) is 9.59 Å². The van der Waals surface area contributed by atoms with Gasteiger partial charge < -0.3 is 43.5 Å². The molecule has 0 radical (unpaired) electrons. The van der Waals surface area contributed by atoms with Crippen molar-refractivity contribution in [2.24, 2.45) is 5.41 Å². The number of aromatic amines is 1. The van der Waals surface area contributed by atoms with E-state index in [1.165, 1.54) is 0 Å². The van der Waals surface area contributed by atoms with E-state index in [1.807, 2.05) is 84.9 Å². The Morgan fingerprint density at radius 3 is 2.31 bits per heavy atom. The minimum atomic E-state index is -0.950. The second-order valence-electron chi connectivity index (χ2n) is 17.9. The predicted octanol–water partition coefficient (Wildman–Crippen LogP) is 5.84. The monoisotopic (exact) mass is 757 g/mol. The Bertz CT molecular complexity index is 1950. The van der Waals surface area contributed by atoms with Crippen molar-refractivity contribution in [2.45, 2.75) is 124 Å². The van der Waals surface area contributed by atoms with Gasteiger partial charge in [-0.25, -0.2) is 14.6 Å². The standard InChI is InChI=1S/C40H52BN5O9/c1-37(2,3)32(44-35(48)53-38(4,5)6)34(47)46-20-26(52-36(49)45-19-24-13-16-30-31(27(24)21-45)51-22-50-30)17-29(46)33-42-18-28(43-33)23-11-14-25(15-12-23)41-54-39(7,8)40(9,10)55-41/h11-16,18,26,29,32H,17,19-22H2,1-10H3,(H,42,43)(H,44,48)/t26-,29+,32?/m1/s1. The largest absolute Gasteiger partial charge is 0.494 e. The number of aromatic nitrogens is 2. The quantitative estimate of drug-likeness (QED) is 0.294. The molecular formula is C40H52BN5O9. The molecule has 3 amide bonds. The van der Waals surface area contributed by atoms with Crippen LogP contribution in [-0.4, -0.2) is 87.3 Å². The van der Waals surface area contributed by atoms with E-state index in [0.29, 0.717) is 42.5 Å². The summed E-state index contributed by atoms with van der Waals surface area (Å²) in [5.74, 6) is 1.51. The summed E-state index contributed by atoms with van der Waals surface area (Å²) in [6, 6.07) is 10.1. The number of rotatable bonds is 6. The van der Waals surface area contributed by atoms with Crippen molar-refractivity contribution in [3.8, 4) is 22.8 Å². The van der Waals surface area contributed by atoms with Crippen LogP contribution in [0.15, 0.2) is 42.6 Å². The average molecular weight is 758 g/mol. The van der Waals surface area contributed by atoms with E-state index in [1.54, 1.807) is 36.8 Å². The molecule has 2 saturated heterocycles. The molecule has 15 heteroatoms. The number of nitrogens with one attached hydrogen (secondary N) is 2. The lowest BCUT2D eigenvalue weighted by Gasteiger charge is -2.35. The van der Waals surface area contributed by atoms with E-state index < -0.39 is 59.7 Å². The third-order valence-electron chi connectivity index (χ3n) is 10.9. The highest BCUT2D eigenvalue weighted by Crippen LogP contribution is 2.42. The summed E-state index contributed by atoms with van der Waals surface area (Å²) < 4.78 is 35.3. The van der Waals surface area contributed by atoms with Gasteiger partial charge in [0.25, 0.3) is 0 Å². The summed E-state index contributed by atoms with van der Waals surface area (Å²) in [5, 5.41) is 2.82. The average Bonchev–Trinajstić information content (AvgIpc) is 3.91. The fraction of sp³-hybridized carbons (Fsp3) is 0.550. The zero-order valence-corrected chi connectivity index (χ0v) is 33.4. The molecule has 3 aromatic rings. The third kappa shape index (κ3) is 7.73. The molecule has 4 aliphatic rings. The van der Waals surface area contributed by atoms with Gasteiger partial charge in [-0.1, -0.05) is 51.1 Å². The molecular weight excluding hydrogens is 705 g/mol. The first kappa shape index (κ1) is 38.5. The van der Waals surface area contributed by atoms with Gasteiger partial charge in [-0.3, -0.25) is 9.69 Å². The normalized spacial score (nSPS) is 21.7. The molecule has 14 nitrogen and oxygen atoms in total. The number of H-pyrrole nitrogens is 1.